The summed E-state index contributed by atoms with van der Waals surface area (Å²) in [6.07, 6.45) is -0.620. The Labute approximate surface area is 133 Å². The Morgan fingerprint density at radius 3 is 2.48 bits per heavy atom. The van der Waals surface area contributed by atoms with E-state index in [1.807, 2.05) is 30.3 Å². The van der Waals surface area contributed by atoms with E-state index in [0.29, 0.717) is 5.56 Å². The number of aliphatic carboxylic acids is 1. The summed E-state index contributed by atoms with van der Waals surface area (Å²) < 4.78 is 5.07. The molecule has 1 amide bonds. The van der Waals surface area contributed by atoms with Crippen LogP contribution in [0.5, 0.6) is 5.75 Å². The highest BCUT2D eigenvalue weighted by atomic mass is 16.5. The predicted octanol–water partition coefficient (Wildman–Crippen LogP) is 3.16. The summed E-state index contributed by atoms with van der Waals surface area (Å²) in [6.45, 7) is 0.117. The Kier molecular flexibility index (Phi) is 5.57. The van der Waals surface area contributed by atoms with Gasteiger partial charge in [-0.1, -0.05) is 42.5 Å². The zero-order chi connectivity index (χ0) is 16.7. The Morgan fingerprint density at radius 2 is 1.78 bits per heavy atom. The minimum Gasteiger partial charge on any atom is -0.505 e. The molecule has 0 aliphatic rings. The van der Waals surface area contributed by atoms with Crippen molar-refractivity contribution in [2.45, 2.75) is 19.4 Å². The molecule has 0 heterocycles. The van der Waals surface area contributed by atoms with Crippen LogP contribution in [0.15, 0.2) is 48.5 Å². The summed E-state index contributed by atoms with van der Waals surface area (Å²) in [6, 6.07) is 14.0. The largest absolute Gasteiger partial charge is 0.505 e. The Morgan fingerprint density at radius 1 is 1.04 bits per heavy atom. The molecule has 120 valence electrons. The molecule has 0 atom stereocenters. The lowest BCUT2D eigenvalue weighted by Gasteiger charge is -2.11. The smallest absolute Gasteiger partial charge is 0.412 e. The van der Waals surface area contributed by atoms with Crippen LogP contribution in [0.2, 0.25) is 0 Å². The van der Waals surface area contributed by atoms with Crippen molar-refractivity contribution in [2.75, 3.05) is 5.32 Å². The van der Waals surface area contributed by atoms with Crippen molar-refractivity contribution in [2.24, 2.45) is 0 Å². The van der Waals surface area contributed by atoms with Gasteiger partial charge in [-0.05, 0) is 23.6 Å². The molecule has 0 spiro atoms. The second-order valence-electron chi connectivity index (χ2n) is 4.89. The standard InChI is InChI=1S/C17H17NO5/c19-15(20)10-9-13-7-4-8-14(16(13)21)18-17(22)23-11-12-5-2-1-3-6-12/h1-8,21H,9-11H2,(H,18,22)(H,19,20). The van der Waals surface area contributed by atoms with E-state index in [4.69, 9.17) is 9.84 Å². The SMILES string of the molecule is O=C(O)CCc1cccc(NC(=O)OCc2ccccc2)c1O. The number of ether oxygens (including phenoxy) is 1. The van der Waals surface area contributed by atoms with E-state index < -0.39 is 12.1 Å². The second kappa shape index (κ2) is 7.84. The lowest BCUT2D eigenvalue weighted by atomic mass is 10.1. The molecule has 0 aliphatic carbocycles. The molecule has 6 nitrogen and oxygen atoms in total. The molecule has 2 aromatic carbocycles. The van der Waals surface area contributed by atoms with Crippen LogP contribution in [-0.2, 0) is 22.6 Å². The maximum absolute atomic E-state index is 11.8. The van der Waals surface area contributed by atoms with Crippen molar-refractivity contribution in [1.82, 2.24) is 0 Å². The summed E-state index contributed by atoms with van der Waals surface area (Å²) in [7, 11) is 0. The number of hydrogen-bond acceptors (Lipinski definition) is 4. The molecule has 0 aliphatic heterocycles. The third-order valence-corrected chi connectivity index (χ3v) is 3.18. The Hall–Kier alpha value is -3.02. The number of carboxylic acid groups (broad SMARTS) is 1. The van der Waals surface area contributed by atoms with Crippen LogP contribution in [0.25, 0.3) is 0 Å². The number of amides is 1. The maximum atomic E-state index is 11.8. The monoisotopic (exact) mass is 315 g/mol. The predicted molar refractivity (Wildman–Crippen MR) is 84.3 cm³/mol. The van der Waals surface area contributed by atoms with Gasteiger partial charge in [-0.25, -0.2) is 4.79 Å². The first kappa shape index (κ1) is 16.4. The molecule has 6 heteroatoms. The van der Waals surface area contributed by atoms with Crippen molar-refractivity contribution in [3.8, 4) is 5.75 Å². The molecule has 0 aromatic heterocycles. The number of anilines is 1. The van der Waals surface area contributed by atoms with Crippen LogP contribution >= 0.6 is 0 Å². The second-order valence-corrected chi connectivity index (χ2v) is 4.89. The van der Waals surface area contributed by atoms with Crippen molar-refractivity contribution < 1.29 is 24.5 Å². The Balaban J connectivity index is 1.95. The maximum Gasteiger partial charge on any atom is 0.412 e. The van der Waals surface area contributed by atoms with Crippen LogP contribution in [0.1, 0.15) is 17.5 Å². The lowest BCUT2D eigenvalue weighted by Crippen LogP contribution is -2.14. The molecule has 0 saturated carbocycles. The first-order valence-corrected chi connectivity index (χ1v) is 7.06. The van der Waals surface area contributed by atoms with Crippen LogP contribution in [0.4, 0.5) is 10.5 Å². The van der Waals surface area contributed by atoms with Crippen molar-refractivity contribution in [3.05, 3.63) is 59.7 Å². The zero-order valence-corrected chi connectivity index (χ0v) is 12.4. The first-order valence-electron chi connectivity index (χ1n) is 7.06. The molecule has 0 unspecified atom stereocenters. The Bertz CT molecular complexity index is 685. The molecule has 3 N–H and O–H groups in total. The van der Waals surface area contributed by atoms with Gasteiger partial charge in [-0.2, -0.15) is 0 Å². The van der Waals surface area contributed by atoms with Gasteiger partial charge in [-0.3, -0.25) is 10.1 Å². The summed E-state index contributed by atoms with van der Waals surface area (Å²) in [5.41, 5.74) is 1.49. The number of carbonyl (C=O) groups is 2. The number of benzene rings is 2. The van der Waals surface area contributed by atoms with Crippen LogP contribution in [-0.4, -0.2) is 22.3 Å². The van der Waals surface area contributed by atoms with E-state index in [1.165, 1.54) is 6.07 Å². The minimum atomic E-state index is -0.954. The third kappa shape index (κ3) is 5.03. The van der Waals surface area contributed by atoms with Gasteiger partial charge < -0.3 is 14.9 Å². The number of phenols is 1. The van der Waals surface area contributed by atoms with Crippen molar-refractivity contribution >= 4 is 17.7 Å². The van der Waals surface area contributed by atoms with Gasteiger partial charge >= 0.3 is 12.1 Å². The van der Waals surface area contributed by atoms with Gasteiger partial charge in [-0.15, -0.1) is 0 Å². The number of carboxylic acids is 1. The van der Waals surface area contributed by atoms with Gasteiger partial charge in [0.25, 0.3) is 0 Å². The highest BCUT2D eigenvalue weighted by Crippen LogP contribution is 2.28. The van der Waals surface area contributed by atoms with E-state index in [1.54, 1.807) is 12.1 Å². The van der Waals surface area contributed by atoms with Gasteiger partial charge in [0.2, 0.25) is 0 Å². The number of aromatic hydroxyl groups is 1. The quantitative estimate of drug-likeness (QED) is 0.712. The topological polar surface area (TPSA) is 95.9 Å². The fourth-order valence-electron chi connectivity index (χ4n) is 2.00. The van der Waals surface area contributed by atoms with Crippen LogP contribution < -0.4 is 5.32 Å². The number of aryl methyl sites for hydroxylation is 1. The van der Waals surface area contributed by atoms with E-state index in [0.717, 1.165) is 5.56 Å². The summed E-state index contributed by atoms with van der Waals surface area (Å²) in [5.74, 6) is -1.10. The number of carbonyl (C=O) groups excluding carboxylic acids is 1. The molecule has 0 bridgehead atoms. The molecule has 2 aromatic rings. The molecule has 0 fully saturated rings. The number of hydrogen-bond donors (Lipinski definition) is 3. The average molecular weight is 315 g/mol. The number of para-hydroxylation sites is 1. The van der Waals surface area contributed by atoms with E-state index in [-0.39, 0.29) is 30.9 Å². The summed E-state index contributed by atoms with van der Waals surface area (Å²) in [5, 5.41) is 21.2. The molecule has 23 heavy (non-hydrogen) atoms. The normalized spacial score (nSPS) is 10.1. The first-order chi connectivity index (χ1) is 11.1. The van der Waals surface area contributed by atoms with Gasteiger partial charge in [0.15, 0.2) is 0 Å². The lowest BCUT2D eigenvalue weighted by molar-refractivity contribution is -0.136. The highest BCUT2D eigenvalue weighted by Gasteiger charge is 2.12. The van der Waals surface area contributed by atoms with Crippen molar-refractivity contribution in [1.29, 1.82) is 0 Å². The minimum absolute atomic E-state index is 0.102. The van der Waals surface area contributed by atoms with E-state index in [2.05, 4.69) is 5.32 Å². The van der Waals surface area contributed by atoms with E-state index in [9.17, 15) is 14.7 Å². The molecule has 0 radical (unpaired) electrons. The average Bonchev–Trinajstić information content (AvgIpc) is 2.54. The van der Waals surface area contributed by atoms with Gasteiger partial charge in [0, 0.05) is 6.42 Å². The van der Waals surface area contributed by atoms with Gasteiger partial charge in [0.05, 0.1) is 5.69 Å². The fraction of sp³-hybridized carbons (Fsp3) is 0.176. The molecular formula is C17H17NO5. The number of rotatable bonds is 6. The highest BCUT2D eigenvalue weighted by molar-refractivity contribution is 5.87. The number of nitrogens with one attached hydrogen (secondary N) is 1. The fourth-order valence-corrected chi connectivity index (χ4v) is 2.00. The number of phenolic OH excluding ortho intramolecular Hbond substituents is 1. The zero-order valence-electron chi connectivity index (χ0n) is 12.4. The van der Waals surface area contributed by atoms with Crippen LogP contribution in [0.3, 0.4) is 0 Å². The molecule has 2 rings (SSSR count). The van der Waals surface area contributed by atoms with Crippen molar-refractivity contribution in [3.63, 3.8) is 0 Å². The summed E-state index contributed by atoms with van der Waals surface area (Å²) in [4.78, 5) is 22.4. The summed E-state index contributed by atoms with van der Waals surface area (Å²) >= 11 is 0. The van der Waals surface area contributed by atoms with Crippen LogP contribution in [0, 0.1) is 0 Å². The molecular weight excluding hydrogens is 298 g/mol. The third-order valence-electron chi connectivity index (χ3n) is 3.18. The van der Waals surface area contributed by atoms with E-state index >= 15 is 0 Å². The van der Waals surface area contributed by atoms with Gasteiger partial charge in [0.1, 0.15) is 12.4 Å². The molecule has 0 saturated heterocycles.